The molecule has 4 rings (SSSR count). The van der Waals surface area contributed by atoms with Crippen LogP contribution >= 0.6 is 0 Å². The molecule has 1 aromatic carbocycles. The van der Waals surface area contributed by atoms with Gasteiger partial charge in [0.2, 0.25) is 0 Å². The molecule has 2 aliphatic rings. The first-order valence-corrected chi connectivity index (χ1v) is 8.97. The third-order valence-electron chi connectivity index (χ3n) is 5.47. The first-order valence-electron chi connectivity index (χ1n) is 8.97. The topological polar surface area (TPSA) is 46.9 Å². The van der Waals surface area contributed by atoms with Gasteiger partial charge in [-0.1, -0.05) is 18.6 Å². The highest BCUT2D eigenvalue weighted by atomic mass is 16.1. The summed E-state index contributed by atoms with van der Waals surface area (Å²) in [6, 6.07) is 7.54. The number of hydrogen-bond acceptors (Lipinski definition) is 3. The van der Waals surface area contributed by atoms with Gasteiger partial charge in [0.15, 0.2) is 5.78 Å². The maximum Gasteiger partial charge on any atom is 0.167 e. The lowest BCUT2D eigenvalue weighted by atomic mass is 9.93. The number of rotatable bonds is 6. The van der Waals surface area contributed by atoms with E-state index in [9.17, 15) is 4.79 Å². The van der Waals surface area contributed by atoms with E-state index >= 15 is 0 Å². The van der Waals surface area contributed by atoms with Gasteiger partial charge in [0.05, 0.1) is 6.20 Å². The quantitative estimate of drug-likeness (QED) is 0.831. The van der Waals surface area contributed by atoms with Crippen molar-refractivity contribution in [2.24, 2.45) is 7.05 Å². The highest BCUT2D eigenvalue weighted by Gasteiger charge is 2.41. The Hall–Kier alpha value is -1.94. The first-order chi connectivity index (χ1) is 11.6. The number of nitrogens with one attached hydrogen (secondary N) is 1. The van der Waals surface area contributed by atoms with Crippen molar-refractivity contribution in [3.8, 4) is 0 Å². The molecule has 1 heterocycles. The van der Waals surface area contributed by atoms with Crippen molar-refractivity contribution in [1.82, 2.24) is 15.1 Å². The number of aryl methyl sites for hydroxylation is 2. The summed E-state index contributed by atoms with van der Waals surface area (Å²) in [5.74, 6) is 0.755. The molecule has 24 heavy (non-hydrogen) atoms. The van der Waals surface area contributed by atoms with Crippen LogP contribution < -0.4 is 5.32 Å². The summed E-state index contributed by atoms with van der Waals surface area (Å²) in [5, 5.41) is 7.90. The van der Waals surface area contributed by atoms with Gasteiger partial charge < -0.3 is 5.32 Å². The third kappa shape index (κ3) is 3.16. The van der Waals surface area contributed by atoms with Gasteiger partial charge in [0.1, 0.15) is 0 Å². The Morgan fingerprint density at radius 2 is 2.21 bits per heavy atom. The van der Waals surface area contributed by atoms with Gasteiger partial charge in [0.25, 0.3) is 0 Å². The SMILES string of the molecule is Cc1ccc(C(=O)Cc2cnn(C)c2)cc1C1CC1NC1CCC1. The zero-order chi connectivity index (χ0) is 16.7. The van der Waals surface area contributed by atoms with Gasteiger partial charge in [-0.25, -0.2) is 0 Å². The summed E-state index contributed by atoms with van der Waals surface area (Å²) < 4.78 is 1.74. The van der Waals surface area contributed by atoms with Crippen LogP contribution in [0.5, 0.6) is 0 Å². The lowest BCUT2D eigenvalue weighted by molar-refractivity contribution is 0.0993. The van der Waals surface area contributed by atoms with Gasteiger partial charge in [-0.3, -0.25) is 9.48 Å². The molecule has 2 aliphatic carbocycles. The fourth-order valence-electron chi connectivity index (χ4n) is 3.66. The van der Waals surface area contributed by atoms with Crippen LogP contribution in [0.2, 0.25) is 0 Å². The molecule has 0 aliphatic heterocycles. The summed E-state index contributed by atoms with van der Waals surface area (Å²) in [4.78, 5) is 12.6. The molecule has 2 saturated carbocycles. The summed E-state index contributed by atoms with van der Waals surface area (Å²) in [7, 11) is 1.88. The van der Waals surface area contributed by atoms with E-state index in [-0.39, 0.29) is 5.78 Å². The zero-order valence-electron chi connectivity index (χ0n) is 14.5. The average Bonchev–Trinajstić information content (AvgIpc) is 3.17. The Kier molecular flexibility index (Phi) is 4.01. The van der Waals surface area contributed by atoms with Crippen molar-refractivity contribution in [3.05, 3.63) is 52.8 Å². The maximum atomic E-state index is 12.6. The first kappa shape index (κ1) is 15.6. The fourth-order valence-corrected chi connectivity index (χ4v) is 3.66. The van der Waals surface area contributed by atoms with E-state index in [1.54, 1.807) is 10.9 Å². The number of benzene rings is 1. The third-order valence-corrected chi connectivity index (χ3v) is 5.47. The number of nitrogens with zero attached hydrogens (tertiary/aromatic N) is 2. The second kappa shape index (κ2) is 6.17. The van der Waals surface area contributed by atoms with Crippen LogP contribution in [0.25, 0.3) is 0 Å². The van der Waals surface area contributed by atoms with E-state index in [0.29, 0.717) is 18.4 Å². The Balaban J connectivity index is 1.46. The van der Waals surface area contributed by atoms with Crippen molar-refractivity contribution in [3.63, 3.8) is 0 Å². The molecular formula is C20H25N3O. The molecule has 2 fully saturated rings. The molecular weight excluding hydrogens is 298 g/mol. The number of Topliss-reactive ketones (excluding diaryl/α,β-unsaturated/α-hetero) is 1. The van der Waals surface area contributed by atoms with E-state index in [1.165, 1.54) is 36.8 Å². The molecule has 4 heteroatoms. The lowest BCUT2D eigenvalue weighted by Gasteiger charge is -2.26. The Labute approximate surface area is 143 Å². The lowest BCUT2D eigenvalue weighted by Crippen LogP contribution is -2.37. The van der Waals surface area contributed by atoms with Crippen molar-refractivity contribution < 1.29 is 4.79 Å². The van der Waals surface area contributed by atoms with Crippen LogP contribution in [0.1, 0.15) is 58.6 Å². The zero-order valence-corrected chi connectivity index (χ0v) is 14.5. The number of aromatic nitrogens is 2. The number of carbonyl (C=O) groups is 1. The van der Waals surface area contributed by atoms with Crippen molar-refractivity contribution in [1.29, 1.82) is 0 Å². The van der Waals surface area contributed by atoms with Crippen molar-refractivity contribution >= 4 is 5.78 Å². The summed E-state index contributed by atoms with van der Waals surface area (Å²) in [6.07, 6.45) is 9.32. The second-order valence-electron chi connectivity index (χ2n) is 7.44. The summed E-state index contributed by atoms with van der Waals surface area (Å²) in [6.45, 7) is 2.16. The molecule has 0 saturated heterocycles. The van der Waals surface area contributed by atoms with Gasteiger partial charge >= 0.3 is 0 Å². The van der Waals surface area contributed by atoms with Crippen LogP contribution in [0.4, 0.5) is 0 Å². The van der Waals surface area contributed by atoms with Gasteiger partial charge in [-0.2, -0.15) is 5.10 Å². The summed E-state index contributed by atoms with van der Waals surface area (Å²) >= 11 is 0. The standard InChI is InChI=1S/C20H25N3O/c1-13-6-7-15(20(24)8-14-11-21-23(2)12-14)9-17(13)18-10-19(18)22-16-4-3-5-16/h6-7,9,11-12,16,18-19,22H,3-5,8,10H2,1-2H3. The molecule has 0 radical (unpaired) electrons. The van der Waals surface area contributed by atoms with E-state index in [4.69, 9.17) is 0 Å². The minimum Gasteiger partial charge on any atom is -0.311 e. The Bertz CT molecular complexity index is 760. The molecule has 0 bridgehead atoms. The highest BCUT2D eigenvalue weighted by Crippen LogP contribution is 2.43. The smallest absolute Gasteiger partial charge is 0.167 e. The van der Waals surface area contributed by atoms with Gasteiger partial charge in [-0.15, -0.1) is 0 Å². The van der Waals surface area contributed by atoms with Gasteiger partial charge in [0, 0.05) is 43.2 Å². The minimum atomic E-state index is 0.174. The maximum absolute atomic E-state index is 12.6. The summed E-state index contributed by atoms with van der Waals surface area (Å²) in [5.41, 5.74) is 4.45. The Morgan fingerprint density at radius 3 is 2.88 bits per heavy atom. The van der Waals surface area contributed by atoms with Gasteiger partial charge in [-0.05, 0) is 48.9 Å². The van der Waals surface area contributed by atoms with E-state index in [1.807, 2.05) is 19.3 Å². The molecule has 2 atom stereocenters. The van der Waals surface area contributed by atoms with Crippen LogP contribution in [0.3, 0.4) is 0 Å². The molecule has 0 spiro atoms. The molecule has 126 valence electrons. The largest absolute Gasteiger partial charge is 0.311 e. The molecule has 2 unspecified atom stereocenters. The second-order valence-corrected chi connectivity index (χ2v) is 7.44. The predicted molar refractivity (Wildman–Crippen MR) is 94.3 cm³/mol. The van der Waals surface area contributed by atoms with Crippen LogP contribution in [0.15, 0.2) is 30.6 Å². The van der Waals surface area contributed by atoms with Crippen LogP contribution in [0, 0.1) is 6.92 Å². The van der Waals surface area contributed by atoms with Crippen LogP contribution in [-0.4, -0.2) is 27.6 Å². The molecule has 4 nitrogen and oxygen atoms in total. The number of hydrogen-bond donors (Lipinski definition) is 1. The highest BCUT2D eigenvalue weighted by molar-refractivity contribution is 5.97. The fraction of sp³-hybridized carbons (Fsp3) is 0.500. The molecule has 2 aromatic rings. The van der Waals surface area contributed by atoms with E-state index in [0.717, 1.165) is 17.2 Å². The molecule has 0 amide bonds. The number of ketones is 1. The monoisotopic (exact) mass is 323 g/mol. The van der Waals surface area contributed by atoms with Crippen molar-refractivity contribution in [2.45, 2.75) is 57.0 Å². The molecule has 1 aromatic heterocycles. The Morgan fingerprint density at radius 1 is 1.38 bits per heavy atom. The normalized spacial score (nSPS) is 23.1. The average molecular weight is 323 g/mol. The van der Waals surface area contributed by atoms with Crippen molar-refractivity contribution in [2.75, 3.05) is 0 Å². The van der Waals surface area contributed by atoms with Crippen LogP contribution in [-0.2, 0) is 13.5 Å². The predicted octanol–water partition coefficient (Wildman–Crippen LogP) is 3.15. The minimum absolute atomic E-state index is 0.174. The van der Waals surface area contributed by atoms with E-state index in [2.05, 4.69) is 29.5 Å². The molecule has 1 N–H and O–H groups in total. The number of carbonyl (C=O) groups excluding carboxylic acids is 1. The van der Waals surface area contributed by atoms with E-state index < -0.39 is 0 Å².